The third kappa shape index (κ3) is 2.37. The number of piperidine rings is 1. The lowest BCUT2D eigenvalue weighted by molar-refractivity contribution is -0.143. The van der Waals surface area contributed by atoms with Crippen LogP contribution in [-0.4, -0.2) is 44.3 Å². The van der Waals surface area contributed by atoms with Crippen LogP contribution in [-0.2, 0) is 11.8 Å². The largest absolute Gasteiger partial charge is 0.481 e. The Morgan fingerprint density at radius 2 is 2.22 bits per heavy atom. The Labute approximate surface area is 105 Å². The minimum Gasteiger partial charge on any atom is -0.481 e. The van der Waals surface area contributed by atoms with Crippen molar-refractivity contribution in [2.45, 2.75) is 25.8 Å². The first-order valence-corrected chi connectivity index (χ1v) is 6.01. The fourth-order valence-corrected chi connectivity index (χ4v) is 2.40. The van der Waals surface area contributed by atoms with E-state index in [1.165, 1.54) is 0 Å². The number of aryl methyl sites for hydroxylation is 1. The van der Waals surface area contributed by atoms with Gasteiger partial charge >= 0.3 is 5.97 Å². The van der Waals surface area contributed by atoms with E-state index in [9.17, 15) is 9.59 Å². The molecule has 6 nitrogen and oxygen atoms in total. The Bertz CT molecular complexity index is 469. The minimum atomic E-state index is -0.768. The first-order chi connectivity index (χ1) is 8.49. The zero-order chi connectivity index (χ0) is 13.3. The summed E-state index contributed by atoms with van der Waals surface area (Å²) in [6.07, 6.45) is 4.25. The summed E-state index contributed by atoms with van der Waals surface area (Å²) in [4.78, 5) is 24.9. The molecule has 1 aromatic heterocycles. The number of aliphatic carboxylic acids is 1. The maximum Gasteiger partial charge on any atom is 0.306 e. The molecule has 1 saturated heterocycles. The second-order valence-corrected chi connectivity index (χ2v) is 4.81. The number of nitrogens with zero attached hydrogens (tertiary/aromatic N) is 3. The molecule has 18 heavy (non-hydrogen) atoms. The number of aromatic nitrogens is 2. The van der Waals surface area contributed by atoms with Gasteiger partial charge in [-0.25, -0.2) is 0 Å². The van der Waals surface area contributed by atoms with Gasteiger partial charge in [0.05, 0.1) is 17.7 Å². The summed E-state index contributed by atoms with van der Waals surface area (Å²) in [5.74, 6) is -1.17. The Morgan fingerprint density at radius 1 is 1.50 bits per heavy atom. The van der Waals surface area contributed by atoms with Crippen LogP contribution >= 0.6 is 0 Å². The molecule has 2 atom stereocenters. The third-order valence-corrected chi connectivity index (χ3v) is 3.44. The van der Waals surface area contributed by atoms with Crippen LogP contribution in [0.25, 0.3) is 0 Å². The van der Waals surface area contributed by atoms with Crippen LogP contribution in [0.15, 0.2) is 12.4 Å². The summed E-state index contributed by atoms with van der Waals surface area (Å²) in [5.41, 5.74) is 0.554. The molecule has 0 bridgehead atoms. The number of hydrogen-bond acceptors (Lipinski definition) is 3. The predicted molar refractivity (Wildman–Crippen MR) is 64.1 cm³/mol. The summed E-state index contributed by atoms with van der Waals surface area (Å²) in [6.45, 7) is 2.38. The molecule has 1 aromatic rings. The van der Waals surface area contributed by atoms with Gasteiger partial charge in [-0.3, -0.25) is 14.3 Å². The zero-order valence-electron chi connectivity index (χ0n) is 10.5. The molecule has 1 amide bonds. The van der Waals surface area contributed by atoms with Gasteiger partial charge in [-0.2, -0.15) is 5.10 Å². The van der Waals surface area contributed by atoms with Crippen molar-refractivity contribution in [3.8, 4) is 0 Å². The highest BCUT2D eigenvalue weighted by Crippen LogP contribution is 2.24. The standard InChI is InChI=1S/C12H17N3O3/c1-8-5-9(12(17)18)3-4-15(8)11(16)10-6-13-14(2)7-10/h6-9H,3-5H2,1-2H3,(H,17,18). The molecule has 2 heterocycles. The topological polar surface area (TPSA) is 75.4 Å². The van der Waals surface area contributed by atoms with Crippen molar-refractivity contribution in [1.29, 1.82) is 0 Å². The zero-order valence-corrected chi connectivity index (χ0v) is 10.5. The molecule has 1 aliphatic rings. The molecule has 1 N–H and O–H groups in total. The van der Waals surface area contributed by atoms with Gasteiger partial charge in [-0.05, 0) is 19.8 Å². The van der Waals surface area contributed by atoms with Crippen LogP contribution < -0.4 is 0 Å². The average Bonchev–Trinajstić information content (AvgIpc) is 2.74. The number of hydrogen-bond donors (Lipinski definition) is 1. The fourth-order valence-electron chi connectivity index (χ4n) is 2.40. The summed E-state index contributed by atoms with van der Waals surface area (Å²) < 4.78 is 1.59. The van der Waals surface area contributed by atoms with Gasteiger partial charge in [0.1, 0.15) is 0 Å². The number of likely N-dealkylation sites (tertiary alicyclic amines) is 1. The lowest BCUT2D eigenvalue weighted by Gasteiger charge is -2.36. The van der Waals surface area contributed by atoms with Gasteiger partial charge in [-0.1, -0.05) is 0 Å². The first-order valence-electron chi connectivity index (χ1n) is 6.01. The number of rotatable bonds is 2. The monoisotopic (exact) mass is 251 g/mol. The van der Waals surface area contributed by atoms with E-state index in [0.717, 1.165) is 0 Å². The van der Waals surface area contributed by atoms with Crippen LogP contribution in [0.4, 0.5) is 0 Å². The van der Waals surface area contributed by atoms with Crippen LogP contribution in [0.1, 0.15) is 30.1 Å². The summed E-state index contributed by atoms with van der Waals surface area (Å²) in [5, 5.41) is 13.0. The van der Waals surface area contributed by atoms with E-state index in [1.54, 1.807) is 29.0 Å². The van der Waals surface area contributed by atoms with Crippen molar-refractivity contribution in [3.63, 3.8) is 0 Å². The molecule has 6 heteroatoms. The maximum absolute atomic E-state index is 12.2. The SMILES string of the molecule is CC1CC(C(=O)O)CCN1C(=O)c1cnn(C)c1. The molecule has 1 fully saturated rings. The number of amides is 1. The highest BCUT2D eigenvalue weighted by Gasteiger charge is 2.32. The van der Waals surface area contributed by atoms with Crippen molar-refractivity contribution in [2.75, 3.05) is 6.54 Å². The fraction of sp³-hybridized carbons (Fsp3) is 0.583. The second-order valence-electron chi connectivity index (χ2n) is 4.81. The molecule has 2 rings (SSSR count). The predicted octanol–water partition coefficient (Wildman–Crippen LogP) is 0.745. The van der Waals surface area contributed by atoms with E-state index in [4.69, 9.17) is 5.11 Å². The van der Waals surface area contributed by atoms with E-state index in [2.05, 4.69) is 5.10 Å². The molecule has 0 aliphatic carbocycles. The lowest BCUT2D eigenvalue weighted by Crippen LogP contribution is -2.46. The number of carbonyl (C=O) groups excluding carboxylic acids is 1. The van der Waals surface area contributed by atoms with E-state index in [0.29, 0.717) is 24.9 Å². The summed E-state index contributed by atoms with van der Waals surface area (Å²) in [7, 11) is 1.76. The molecule has 0 aromatic carbocycles. The van der Waals surface area contributed by atoms with Gasteiger partial charge < -0.3 is 10.0 Å². The lowest BCUT2D eigenvalue weighted by atomic mass is 9.91. The molecule has 0 radical (unpaired) electrons. The van der Waals surface area contributed by atoms with Crippen molar-refractivity contribution >= 4 is 11.9 Å². The summed E-state index contributed by atoms with van der Waals surface area (Å²) in [6, 6.07) is -0.0486. The molecule has 98 valence electrons. The van der Waals surface area contributed by atoms with Gasteiger partial charge in [0, 0.05) is 25.8 Å². The number of carbonyl (C=O) groups is 2. The molecule has 0 saturated carbocycles. The number of carboxylic acids is 1. The second kappa shape index (κ2) is 4.80. The molecular formula is C12H17N3O3. The molecular weight excluding hydrogens is 234 g/mol. The van der Waals surface area contributed by atoms with E-state index < -0.39 is 5.97 Å². The molecule has 0 spiro atoms. The van der Waals surface area contributed by atoms with E-state index in [1.807, 2.05) is 6.92 Å². The quantitative estimate of drug-likeness (QED) is 0.841. The van der Waals surface area contributed by atoms with Crippen LogP contribution in [0.5, 0.6) is 0 Å². The highest BCUT2D eigenvalue weighted by atomic mass is 16.4. The Morgan fingerprint density at radius 3 is 2.72 bits per heavy atom. The highest BCUT2D eigenvalue weighted by molar-refractivity contribution is 5.94. The van der Waals surface area contributed by atoms with Crippen LogP contribution in [0.2, 0.25) is 0 Å². The van der Waals surface area contributed by atoms with Gasteiger partial charge in [0.2, 0.25) is 0 Å². The van der Waals surface area contributed by atoms with Crippen molar-refractivity contribution in [1.82, 2.24) is 14.7 Å². The number of carboxylic acid groups (broad SMARTS) is 1. The van der Waals surface area contributed by atoms with Crippen LogP contribution in [0.3, 0.4) is 0 Å². The average molecular weight is 251 g/mol. The van der Waals surface area contributed by atoms with E-state index >= 15 is 0 Å². The van der Waals surface area contributed by atoms with Crippen LogP contribution in [0, 0.1) is 5.92 Å². The van der Waals surface area contributed by atoms with Crippen molar-refractivity contribution < 1.29 is 14.7 Å². The molecule has 2 unspecified atom stereocenters. The van der Waals surface area contributed by atoms with Crippen molar-refractivity contribution in [2.24, 2.45) is 13.0 Å². The van der Waals surface area contributed by atoms with Gasteiger partial charge in [0.25, 0.3) is 5.91 Å². The van der Waals surface area contributed by atoms with Crippen molar-refractivity contribution in [3.05, 3.63) is 18.0 Å². The third-order valence-electron chi connectivity index (χ3n) is 3.44. The van der Waals surface area contributed by atoms with Gasteiger partial charge in [0.15, 0.2) is 0 Å². The van der Waals surface area contributed by atoms with E-state index in [-0.39, 0.29) is 17.9 Å². The maximum atomic E-state index is 12.2. The minimum absolute atomic E-state index is 0.0486. The Hall–Kier alpha value is -1.85. The van der Waals surface area contributed by atoms with Gasteiger partial charge in [-0.15, -0.1) is 0 Å². The Kier molecular flexibility index (Phi) is 3.36. The molecule has 1 aliphatic heterocycles. The summed E-state index contributed by atoms with van der Waals surface area (Å²) >= 11 is 0. The smallest absolute Gasteiger partial charge is 0.306 e. The Balaban J connectivity index is 2.07. The first kappa shape index (κ1) is 12.6. The normalized spacial score (nSPS) is 24.0.